The molecule has 0 amide bonds. The summed E-state index contributed by atoms with van der Waals surface area (Å²) in [4.78, 5) is 12.5. The van der Waals surface area contributed by atoms with Crippen LogP contribution in [0.25, 0.3) is 6.08 Å². The fourth-order valence-corrected chi connectivity index (χ4v) is 2.58. The number of ether oxygens (including phenoxy) is 3. The normalized spacial score (nSPS) is 10.8. The lowest BCUT2D eigenvalue weighted by Gasteiger charge is -2.11. The van der Waals surface area contributed by atoms with Gasteiger partial charge in [0.1, 0.15) is 0 Å². The van der Waals surface area contributed by atoms with E-state index >= 15 is 0 Å². The lowest BCUT2D eigenvalue weighted by Crippen LogP contribution is -2.01. The first kappa shape index (κ1) is 18.7. The van der Waals surface area contributed by atoms with Gasteiger partial charge in [0.2, 0.25) is 0 Å². The van der Waals surface area contributed by atoms with Crippen molar-refractivity contribution in [3.8, 4) is 23.0 Å². The second kappa shape index (κ2) is 7.94. The van der Waals surface area contributed by atoms with Crippen molar-refractivity contribution < 1.29 is 24.1 Å². The predicted molar refractivity (Wildman–Crippen MR) is 97.3 cm³/mol. The predicted octanol–water partition coefficient (Wildman–Crippen LogP) is 4.28. The van der Waals surface area contributed by atoms with E-state index in [1.807, 2.05) is 6.92 Å². The number of allylic oxidation sites excluding steroid dienone is 1. The fourth-order valence-electron chi connectivity index (χ4n) is 2.36. The number of phenolic OH excluding ortho intramolecular Hbond substituents is 1. The molecule has 0 atom stereocenters. The Hall–Kier alpha value is -2.66. The standard InChI is InChI=1S/C19H19ClO5/c1-11-9-16(24-3)17(25-4)10-13(11)14(21)7-5-12-6-8-15(23-2)19(22)18(12)20/h5-10,22H,1-4H3/b7-5+. The number of aromatic hydroxyl groups is 1. The molecule has 132 valence electrons. The van der Waals surface area contributed by atoms with Crippen LogP contribution in [0.3, 0.4) is 0 Å². The molecular weight excluding hydrogens is 344 g/mol. The zero-order valence-corrected chi connectivity index (χ0v) is 15.2. The van der Waals surface area contributed by atoms with Crippen LogP contribution in [0.4, 0.5) is 0 Å². The number of hydrogen-bond acceptors (Lipinski definition) is 5. The summed E-state index contributed by atoms with van der Waals surface area (Å²) < 4.78 is 15.4. The van der Waals surface area contributed by atoms with Crippen molar-refractivity contribution in [3.63, 3.8) is 0 Å². The largest absolute Gasteiger partial charge is 0.503 e. The Morgan fingerprint density at radius 1 is 1.04 bits per heavy atom. The molecule has 2 rings (SSSR count). The molecule has 0 aromatic heterocycles. The second-order valence-electron chi connectivity index (χ2n) is 5.24. The molecule has 2 aromatic rings. The Bertz CT molecular complexity index is 827. The van der Waals surface area contributed by atoms with Gasteiger partial charge in [-0.2, -0.15) is 0 Å². The quantitative estimate of drug-likeness (QED) is 0.614. The Labute approximate surface area is 151 Å². The van der Waals surface area contributed by atoms with E-state index in [-0.39, 0.29) is 22.3 Å². The number of aryl methyl sites for hydroxylation is 1. The summed E-state index contributed by atoms with van der Waals surface area (Å²) in [5.74, 6) is 0.920. The van der Waals surface area contributed by atoms with Crippen LogP contribution in [0.5, 0.6) is 23.0 Å². The third kappa shape index (κ3) is 3.88. The highest BCUT2D eigenvalue weighted by molar-refractivity contribution is 6.33. The molecule has 0 saturated heterocycles. The van der Waals surface area contributed by atoms with E-state index in [4.69, 9.17) is 25.8 Å². The van der Waals surface area contributed by atoms with Gasteiger partial charge in [0.25, 0.3) is 0 Å². The highest BCUT2D eigenvalue weighted by Gasteiger charge is 2.14. The number of phenols is 1. The van der Waals surface area contributed by atoms with Gasteiger partial charge in [0.05, 0.1) is 26.4 Å². The third-order valence-electron chi connectivity index (χ3n) is 3.74. The lowest BCUT2D eigenvalue weighted by molar-refractivity contribution is 0.104. The molecule has 6 heteroatoms. The maximum atomic E-state index is 12.5. The number of benzene rings is 2. The van der Waals surface area contributed by atoms with Crippen molar-refractivity contribution in [3.05, 3.63) is 52.1 Å². The van der Waals surface area contributed by atoms with Gasteiger partial charge >= 0.3 is 0 Å². The van der Waals surface area contributed by atoms with Crippen molar-refractivity contribution in [1.29, 1.82) is 0 Å². The first-order chi connectivity index (χ1) is 11.9. The minimum atomic E-state index is -0.218. The zero-order valence-electron chi connectivity index (χ0n) is 14.4. The summed E-state index contributed by atoms with van der Waals surface area (Å²) in [5, 5.41) is 10.0. The van der Waals surface area contributed by atoms with E-state index in [0.29, 0.717) is 22.6 Å². The lowest BCUT2D eigenvalue weighted by atomic mass is 10.0. The maximum Gasteiger partial charge on any atom is 0.186 e. The van der Waals surface area contributed by atoms with E-state index < -0.39 is 0 Å². The van der Waals surface area contributed by atoms with Crippen molar-refractivity contribution in [2.45, 2.75) is 6.92 Å². The van der Waals surface area contributed by atoms with Crippen LogP contribution < -0.4 is 14.2 Å². The molecular formula is C19H19ClO5. The molecule has 0 fully saturated rings. The molecule has 2 aromatic carbocycles. The van der Waals surface area contributed by atoms with Gasteiger partial charge in [-0.3, -0.25) is 4.79 Å². The monoisotopic (exact) mass is 362 g/mol. The van der Waals surface area contributed by atoms with Crippen LogP contribution in [0.2, 0.25) is 5.02 Å². The van der Waals surface area contributed by atoms with E-state index in [2.05, 4.69) is 0 Å². The summed E-state index contributed by atoms with van der Waals surface area (Å²) >= 11 is 6.10. The molecule has 25 heavy (non-hydrogen) atoms. The number of halogens is 1. The van der Waals surface area contributed by atoms with Gasteiger partial charge in [-0.25, -0.2) is 0 Å². The van der Waals surface area contributed by atoms with Gasteiger partial charge < -0.3 is 19.3 Å². The molecule has 0 radical (unpaired) electrons. The summed E-state index contributed by atoms with van der Waals surface area (Å²) in [6, 6.07) is 6.61. The van der Waals surface area contributed by atoms with Crippen molar-refractivity contribution >= 4 is 23.5 Å². The first-order valence-corrected chi connectivity index (χ1v) is 7.81. The Balaban J connectivity index is 2.34. The van der Waals surface area contributed by atoms with Crippen LogP contribution in [0.15, 0.2) is 30.3 Å². The van der Waals surface area contributed by atoms with Gasteiger partial charge in [-0.05, 0) is 54.5 Å². The fraction of sp³-hybridized carbons (Fsp3) is 0.211. The van der Waals surface area contributed by atoms with E-state index in [9.17, 15) is 9.90 Å². The third-order valence-corrected chi connectivity index (χ3v) is 4.14. The van der Waals surface area contributed by atoms with Gasteiger partial charge in [-0.1, -0.05) is 11.6 Å². The molecule has 1 N–H and O–H groups in total. The number of methoxy groups -OCH3 is 3. The number of carbonyl (C=O) groups excluding carboxylic acids is 1. The number of rotatable bonds is 6. The zero-order chi connectivity index (χ0) is 18.6. The molecule has 0 spiro atoms. The number of ketones is 1. The molecule has 0 aliphatic rings. The van der Waals surface area contributed by atoms with Crippen LogP contribution in [0, 0.1) is 6.92 Å². The minimum Gasteiger partial charge on any atom is -0.503 e. The summed E-state index contributed by atoms with van der Waals surface area (Å²) in [7, 11) is 4.48. The highest BCUT2D eigenvalue weighted by atomic mass is 35.5. The average Bonchev–Trinajstić information content (AvgIpc) is 2.62. The maximum absolute atomic E-state index is 12.5. The highest BCUT2D eigenvalue weighted by Crippen LogP contribution is 2.37. The summed E-state index contributed by atoms with van der Waals surface area (Å²) in [5.41, 5.74) is 1.75. The van der Waals surface area contributed by atoms with E-state index in [0.717, 1.165) is 5.56 Å². The molecule has 0 saturated carbocycles. The van der Waals surface area contributed by atoms with Gasteiger partial charge in [0.15, 0.2) is 28.8 Å². The SMILES string of the molecule is COc1cc(C)c(C(=O)/C=C/c2ccc(OC)c(O)c2Cl)cc1OC. The molecule has 0 bridgehead atoms. The molecule has 5 nitrogen and oxygen atoms in total. The van der Waals surface area contributed by atoms with Crippen LogP contribution in [-0.4, -0.2) is 32.2 Å². The molecule has 0 aliphatic heterocycles. The Morgan fingerprint density at radius 3 is 2.24 bits per heavy atom. The smallest absolute Gasteiger partial charge is 0.186 e. The van der Waals surface area contributed by atoms with E-state index in [1.165, 1.54) is 27.4 Å². The molecule has 0 heterocycles. The van der Waals surface area contributed by atoms with Gasteiger partial charge in [0, 0.05) is 5.56 Å². The Morgan fingerprint density at radius 2 is 1.64 bits per heavy atom. The van der Waals surface area contributed by atoms with Crippen molar-refractivity contribution in [2.24, 2.45) is 0 Å². The summed E-state index contributed by atoms with van der Waals surface area (Å²) in [6.45, 7) is 1.81. The second-order valence-corrected chi connectivity index (χ2v) is 5.62. The Kier molecular flexibility index (Phi) is 5.93. The van der Waals surface area contributed by atoms with Crippen LogP contribution in [-0.2, 0) is 0 Å². The first-order valence-electron chi connectivity index (χ1n) is 7.43. The number of hydrogen-bond donors (Lipinski definition) is 1. The minimum absolute atomic E-state index is 0.118. The molecule has 0 aliphatic carbocycles. The van der Waals surface area contributed by atoms with Crippen LogP contribution >= 0.6 is 11.6 Å². The summed E-state index contributed by atoms with van der Waals surface area (Å²) in [6.07, 6.45) is 2.93. The van der Waals surface area contributed by atoms with E-state index in [1.54, 1.807) is 30.3 Å². The van der Waals surface area contributed by atoms with Gasteiger partial charge in [-0.15, -0.1) is 0 Å². The van der Waals surface area contributed by atoms with Crippen molar-refractivity contribution in [2.75, 3.05) is 21.3 Å². The average molecular weight is 363 g/mol. The number of carbonyl (C=O) groups is 1. The molecule has 0 unspecified atom stereocenters. The van der Waals surface area contributed by atoms with Crippen LogP contribution in [0.1, 0.15) is 21.5 Å². The van der Waals surface area contributed by atoms with Crippen molar-refractivity contribution in [1.82, 2.24) is 0 Å². The topological polar surface area (TPSA) is 65.0 Å².